The summed E-state index contributed by atoms with van der Waals surface area (Å²) in [5.74, 6) is -0.289. The summed E-state index contributed by atoms with van der Waals surface area (Å²) < 4.78 is 16.7. The van der Waals surface area contributed by atoms with E-state index in [9.17, 15) is 14.7 Å². The second kappa shape index (κ2) is 15.6. The van der Waals surface area contributed by atoms with Crippen molar-refractivity contribution in [1.82, 2.24) is 0 Å². The van der Waals surface area contributed by atoms with Crippen LogP contribution in [0.1, 0.15) is 96.8 Å². The van der Waals surface area contributed by atoms with Crippen LogP contribution in [0, 0.1) is 11.8 Å². The van der Waals surface area contributed by atoms with Crippen LogP contribution >= 0.6 is 0 Å². The molecule has 0 radical (unpaired) electrons. The molecule has 6 nitrogen and oxygen atoms in total. The van der Waals surface area contributed by atoms with Crippen LogP contribution in [0.4, 0.5) is 0 Å². The number of methoxy groups -OCH3 is 1. The van der Waals surface area contributed by atoms with Crippen molar-refractivity contribution < 1.29 is 28.9 Å². The third kappa shape index (κ3) is 9.72. The molecule has 32 heavy (non-hydrogen) atoms. The van der Waals surface area contributed by atoms with Crippen LogP contribution in [0.3, 0.4) is 0 Å². The fourth-order valence-electron chi connectivity index (χ4n) is 4.78. The van der Waals surface area contributed by atoms with Gasteiger partial charge in [-0.1, -0.05) is 51.2 Å². The van der Waals surface area contributed by atoms with Gasteiger partial charge in [-0.2, -0.15) is 0 Å². The quantitative estimate of drug-likeness (QED) is 0.211. The second-order valence-electron chi connectivity index (χ2n) is 9.29. The third-order valence-electron chi connectivity index (χ3n) is 6.71. The highest BCUT2D eigenvalue weighted by molar-refractivity contribution is 5.84. The maximum absolute atomic E-state index is 12.5. The molecule has 0 amide bonds. The van der Waals surface area contributed by atoms with E-state index < -0.39 is 6.10 Å². The minimum Gasteiger partial charge on any atom is -0.469 e. The van der Waals surface area contributed by atoms with E-state index in [1.807, 2.05) is 0 Å². The standard InChI is InChI=1S/C26H44O6/c1-3-4-6-11-21(32-25-14-9-10-19-31-25)17-15-20-16-18-23(28)26(20)22(27)12-7-5-8-13-24(29)30-2/h15,17,20-22,25-27H,3-14,16,18-19H2,1-2H3/b17-15+. The molecule has 0 spiro atoms. The number of allylic oxidation sites excluding steroid dienone is 1. The maximum atomic E-state index is 12.5. The number of Topliss-reactive ketones (excluding diaryl/α,β-unsaturated/α-hetero) is 1. The molecule has 2 fully saturated rings. The summed E-state index contributed by atoms with van der Waals surface area (Å²) in [4.78, 5) is 23.7. The summed E-state index contributed by atoms with van der Waals surface area (Å²) in [6.45, 7) is 2.96. The fourth-order valence-corrected chi connectivity index (χ4v) is 4.78. The molecule has 6 heteroatoms. The molecule has 2 rings (SSSR count). The van der Waals surface area contributed by atoms with Gasteiger partial charge in [0.2, 0.25) is 0 Å². The van der Waals surface area contributed by atoms with Crippen molar-refractivity contribution in [3.63, 3.8) is 0 Å². The molecule has 1 saturated carbocycles. The number of rotatable bonds is 15. The van der Waals surface area contributed by atoms with Crippen LogP contribution < -0.4 is 0 Å². The number of ketones is 1. The summed E-state index contributed by atoms with van der Waals surface area (Å²) in [7, 11) is 1.40. The van der Waals surface area contributed by atoms with E-state index in [1.54, 1.807) is 0 Å². The van der Waals surface area contributed by atoms with Crippen molar-refractivity contribution in [3.05, 3.63) is 12.2 Å². The van der Waals surface area contributed by atoms with Gasteiger partial charge in [-0.05, 0) is 50.9 Å². The number of hydrogen-bond donors (Lipinski definition) is 1. The first kappa shape index (κ1) is 27.0. The van der Waals surface area contributed by atoms with E-state index in [2.05, 4.69) is 23.8 Å². The minimum absolute atomic E-state index is 0.00327. The second-order valence-corrected chi connectivity index (χ2v) is 9.29. The normalized spacial score (nSPS) is 25.8. The number of unbranched alkanes of at least 4 members (excludes halogenated alkanes) is 4. The Morgan fingerprint density at radius 1 is 1.16 bits per heavy atom. The van der Waals surface area contributed by atoms with Gasteiger partial charge in [0.25, 0.3) is 0 Å². The van der Waals surface area contributed by atoms with Crippen molar-refractivity contribution in [1.29, 1.82) is 0 Å². The smallest absolute Gasteiger partial charge is 0.305 e. The Labute approximate surface area is 194 Å². The molecule has 1 saturated heterocycles. The van der Waals surface area contributed by atoms with Crippen molar-refractivity contribution in [2.45, 2.75) is 115 Å². The minimum atomic E-state index is -0.626. The fraction of sp³-hybridized carbons (Fsp3) is 0.846. The summed E-state index contributed by atoms with van der Waals surface area (Å²) >= 11 is 0. The molecule has 5 unspecified atom stereocenters. The number of hydrogen-bond acceptors (Lipinski definition) is 6. The lowest BCUT2D eigenvalue weighted by molar-refractivity contribution is -0.179. The lowest BCUT2D eigenvalue weighted by atomic mass is 9.86. The predicted octanol–water partition coefficient (Wildman–Crippen LogP) is 5.11. The molecule has 1 aliphatic carbocycles. The van der Waals surface area contributed by atoms with E-state index in [-0.39, 0.29) is 36.0 Å². The van der Waals surface area contributed by atoms with Crippen molar-refractivity contribution in [3.8, 4) is 0 Å². The van der Waals surface area contributed by atoms with Gasteiger partial charge in [0, 0.05) is 25.4 Å². The zero-order valence-electron chi connectivity index (χ0n) is 20.1. The molecule has 0 aromatic carbocycles. The topological polar surface area (TPSA) is 82.1 Å². The highest BCUT2D eigenvalue weighted by Crippen LogP contribution is 2.34. The summed E-state index contributed by atoms with van der Waals surface area (Å²) in [5.41, 5.74) is 0. The predicted molar refractivity (Wildman–Crippen MR) is 124 cm³/mol. The van der Waals surface area contributed by atoms with Crippen molar-refractivity contribution in [2.75, 3.05) is 13.7 Å². The van der Waals surface area contributed by atoms with Gasteiger partial charge in [0.05, 0.1) is 19.3 Å². The summed E-state index contributed by atoms with van der Waals surface area (Å²) in [6, 6.07) is 0. The zero-order chi connectivity index (χ0) is 23.2. The lowest BCUT2D eigenvalue weighted by Crippen LogP contribution is -2.29. The molecule has 1 N–H and O–H groups in total. The number of aliphatic hydroxyl groups is 1. The Kier molecular flexibility index (Phi) is 13.1. The van der Waals surface area contributed by atoms with E-state index >= 15 is 0 Å². The number of ether oxygens (including phenoxy) is 3. The van der Waals surface area contributed by atoms with Crippen LogP contribution in [-0.4, -0.2) is 49.1 Å². The Morgan fingerprint density at radius 3 is 2.69 bits per heavy atom. The van der Waals surface area contributed by atoms with Crippen LogP contribution in [0.5, 0.6) is 0 Å². The molecule has 1 aliphatic heterocycles. The highest BCUT2D eigenvalue weighted by Gasteiger charge is 2.38. The lowest BCUT2D eigenvalue weighted by Gasteiger charge is -2.27. The van der Waals surface area contributed by atoms with Gasteiger partial charge in [-0.25, -0.2) is 0 Å². The first-order chi connectivity index (χ1) is 15.5. The van der Waals surface area contributed by atoms with E-state index in [1.165, 1.54) is 20.0 Å². The molecule has 2 aliphatic rings. The molecule has 184 valence electrons. The molecular formula is C26H44O6. The van der Waals surface area contributed by atoms with Gasteiger partial charge < -0.3 is 19.3 Å². The van der Waals surface area contributed by atoms with E-state index in [4.69, 9.17) is 9.47 Å². The Hall–Kier alpha value is -1.24. The summed E-state index contributed by atoms with van der Waals surface area (Å²) in [5, 5.41) is 10.7. The molecular weight excluding hydrogens is 408 g/mol. The monoisotopic (exact) mass is 452 g/mol. The Balaban J connectivity index is 1.86. The molecule has 1 heterocycles. The van der Waals surface area contributed by atoms with E-state index in [0.717, 1.165) is 64.4 Å². The number of esters is 1. The molecule has 5 atom stereocenters. The van der Waals surface area contributed by atoms with Gasteiger partial charge in [0.1, 0.15) is 5.78 Å². The number of aliphatic hydroxyl groups excluding tert-OH is 1. The Morgan fingerprint density at radius 2 is 1.97 bits per heavy atom. The van der Waals surface area contributed by atoms with Crippen LogP contribution in [0.2, 0.25) is 0 Å². The van der Waals surface area contributed by atoms with E-state index in [0.29, 0.717) is 19.3 Å². The van der Waals surface area contributed by atoms with Crippen LogP contribution in [0.25, 0.3) is 0 Å². The van der Waals surface area contributed by atoms with Crippen molar-refractivity contribution >= 4 is 11.8 Å². The molecule has 0 bridgehead atoms. The largest absolute Gasteiger partial charge is 0.469 e. The average Bonchev–Trinajstić information content (AvgIpc) is 3.17. The van der Waals surface area contributed by atoms with Gasteiger partial charge in [-0.3, -0.25) is 9.59 Å². The zero-order valence-corrected chi connectivity index (χ0v) is 20.1. The SMILES string of the molecule is CCCCCC(/C=C/C1CCC(=O)C1C(O)CCCCCC(=O)OC)OC1CCCCO1. The molecule has 0 aromatic rings. The number of carbonyl (C=O) groups is 2. The van der Waals surface area contributed by atoms with Crippen molar-refractivity contribution in [2.24, 2.45) is 11.8 Å². The van der Waals surface area contributed by atoms with Gasteiger partial charge in [0.15, 0.2) is 6.29 Å². The third-order valence-corrected chi connectivity index (χ3v) is 6.71. The maximum Gasteiger partial charge on any atom is 0.305 e. The molecule has 0 aromatic heterocycles. The van der Waals surface area contributed by atoms with Gasteiger partial charge >= 0.3 is 5.97 Å². The van der Waals surface area contributed by atoms with Crippen LogP contribution in [0.15, 0.2) is 12.2 Å². The first-order valence-corrected chi connectivity index (χ1v) is 12.8. The Bertz CT molecular complexity index is 569. The summed E-state index contributed by atoms with van der Waals surface area (Å²) in [6.07, 6.45) is 15.8. The highest BCUT2D eigenvalue weighted by atomic mass is 16.7. The van der Waals surface area contributed by atoms with Gasteiger partial charge in [-0.15, -0.1) is 0 Å². The van der Waals surface area contributed by atoms with Crippen LogP contribution in [-0.2, 0) is 23.8 Å². The first-order valence-electron chi connectivity index (χ1n) is 12.8. The number of carbonyl (C=O) groups excluding carboxylic acids is 2. The average molecular weight is 453 g/mol.